The van der Waals surface area contributed by atoms with E-state index in [0.717, 1.165) is 24.3 Å². The molecule has 6 nitrogen and oxygen atoms in total. The summed E-state index contributed by atoms with van der Waals surface area (Å²) in [4.78, 5) is 10.7. The van der Waals surface area contributed by atoms with Crippen LogP contribution in [0, 0.1) is 0 Å². The quantitative estimate of drug-likeness (QED) is 0.464. The highest BCUT2D eigenvalue weighted by Crippen LogP contribution is 2.15. The number of rotatable bonds is 15. The van der Waals surface area contributed by atoms with Crippen molar-refractivity contribution in [1.82, 2.24) is 5.32 Å². The summed E-state index contributed by atoms with van der Waals surface area (Å²) in [5.74, 6) is 1.03. The second-order valence-electron chi connectivity index (χ2n) is 5.43. The molecule has 2 N–H and O–H groups in total. The molecule has 1 aromatic carbocycles. The van der Waals surface area contributed by atoms with Crippen LogP contribution in [0.25, 0.3) is 0 Å². The molecule has 150 valence electrons. The summed E-state index contributed by atoms with van der Waals surface area (Å²) in [6.07, 6.45) is 1.93. The lowest BCUT2D eigenvalue weighted by Crippen LogP contribution is -2.25. The van der Waals surface area contributed by atoms with E-state index in [4.69, 9.17) is 14.2 Å². The monoisotopic (exact) mass is 368 g/mol. The Morgan fingerprint density at radius 2 is 1.54 bits per heavy atom. The Labute approximate surface area is 158 Å². The van der Waals surface area contributed by atoms with Crippen molar-refractivity contribution < 1.29 is 19.0 Å². The van der Waals surface area contributed by atoms with Crippen molar-refractivity contribution in [3.8, 4) is 5.75 Å². The molecule has 26 heavy (non-hydrogen) atoms. The minimum atomic E-state index is 0.136. The molecule has 0 spiro atoms. The maximum Gasteiger partial charge on any atom is 0.143 e. The predicted molar refractivity (Wildman–Crippen MR) is 107 cm³/mol. The molecule has 0 aromatic heterocycles. The molecule has 0 aliphatic carbocycles. The minimum absolute atomic E-state index is 0.136. The second kappa shape index (κ2) is 18.2. The lowest BCUT2D eigenvalue weighted by molar-refractivity contribution is -0.116. The number of benzene rings is 1. The van der Waals surface area contributed by atoms with Gasteiger partial charge in [0.25, 0.3) is 0 Å². The van der Waals surface area contributed by atoms with E-state index in [-0.39, 0.29) is 5.78 Å². The molecule has 0 unspecified atom stereocenters. The van der Waals surface area contributed by atoms with Gasteiger partial charge in [0.2, 0.25) is 0 Å². The van der Waals surface area contributed by atoms with Crippen LogP contribution in [-0.4, -0.2) is 59.0 Å². The van der Waals surface area contributed by atoms with Crippen molar-refractivity contribution in [1.29, 1.82) is 0 Å². The predicted octanol–water partition coefficient (Wildman–Crippen LogP) is 3.13. The van der Waals surface area contributed by atoms with Gasteiger partial charge in [-0.1, -0.05) is 13.8 Å². The van der Waals surface area contributed by atoms with Gasteiger partial charge in [0.15, 0.2) is 0 Å². The van der Waals surface area contributed by atoms with Crippen molar-refractivity contribution in [3.63, 3.8) is 0 Å². The number of unbranched alkanes of at least 4 members (excludes halogenated alkanes) is 1. The van der Waals surface area contributed by atoms with Crippen molar-refractivity contribution >= 4 is 11.5 Å². The number of ether oxygens (including phenoxy) is 3. The smallest absolute Gasteiger partial charge is 0.143 e. The van der Waals surface area contributed by atoms with Gasteiger partial charge < -0.3 is 24.8 Å². The molecule has 1 rings (SSSR count). The zero-order valence-electron chi connectivity index (χ0n) is 16.8. The highest BCUT2D eigenvalue weighted by atomic mass is 16.5. The van der Waals surface area contributed by atoms with Crippen molar-refractivity contribution in [3.05, 3.63) is 24.3 Å². The second-order valence-corrected chi connectivity index (χ2v) is 5.43. The van der Waals surface area contributed by atoms with E-state index in [0.29, 0.717) is 46.1 Å². The van der Waals surface area contributed by atoms with Crippen molar-refractivity contribution in [2.75, 3.05) is 58.5 Å². The first-order chi connectivity index (χ1) is 12.7. The number of Topliss-reactive ketones (excluding diaryl/α,β-unsaturated/α-hetero) is 1. The summed E-state index contributed by atoms with van der Waals surface area (Å²) in [7, 11) is 1.90. The molecule has 0 heterocycles. The van der Waals surface area contributed by atoms with Crippen LogP contribution in [0.5, 0.6) is 5.75 Å². The number of nitrogens with one attached hydrogen (secondary N) is 2. The van der Waals surface area contributed by atoms with Gasteiger partial charge in [0, 0.05) is 25.9 Å². The first-order valence-electron chi connectivity index (χ1n) is 9.48. The average Bonchev–Trinajstić information content (AvgIpc) is 2.67. The molecule has 0 fully saturated rings. The van der Waals surface area contributed by atoms with Gasteiger partial charge in [-0.15, -0.1) is 0 Å². The maximum absolute atomic E-state index is 10.7. The Kier molecular flexibility index (Phi) is 17.0. The van der Waals surface area contributed by atoms with E-state index in [2.05, 4.69) is 10.6 Å². The van der Waals surface area contributed by atoms with Gasteiger partial charge in [-0.05, 0) is 44.0 Å². The van der Waals surface area contributed by atoms with E-state index in [9.17, 15) is 4.79 Å². The molecular formula is C20H36N2O4. The standard InChI is InChI=1S/C18H30N2O4.C2H6/c1-16(21)15-20-9-12-23-14-13-22-10-3-4-11-24-18-7-5-17(19-2)6-8-18;1-2/h5-8,19-20H,3-4,9-15H2,1-2H3;1-2H3. The summed E-state index contributed by atoms with van der Waals surface area (Å²) in [5.41, 5.74) is 1.08. The van der Waals surface area contributed by atoms with Gasteiger partial charge in [-0.2, -0.15) is 0 Å². The van der Waals surface area contributed by atoms with Crippen LogP contribution >= 0.6 is 0 Å². The van der Waals surface area contributed by atoms with E-state index in [1.165, 1.54) is 0 Å². The summed E-state index contributed by atoms with van der Waals surface area (Å²) < 4.78 is 16.6. The summed E-state index contributed by atoms with van der Waals surface area (Å²) >= 11 is 0. The van der Waals surface area contributed by atoms with E-state index < -0.39 is 0 Å². The molecule has 1 aromatic rings. The first-order valence-corrected chi connectivity index (χ1v) is 9.48. The Balaban J connectivity index is 0.00000301. The first kappa shape index (κ1) is 24.4. The fraction of sp³-hybridized carbons (Fsp3) is 0.650. The fourth-order valence-corrected chi connectivity index (χ4v) is 1.94. The van der Waals surface area contributed by atoms with E-state index in [1.54, 1.807) is 6.92 Å². The lowest BCUT2D eigenvalue weighted by atomic mass is 10.3. The Bertz CT molecular complexity index is 438. The SMILES string of the molecule is CC.CNc1ccc(OCCCCOCCOCCNCC(C)=O)cc1. The summed E-state index contributed by atoms with van der Waals surface area (Å²) in [6.45, 7) is 9.83. The Hall–Kier alpha value is -1.63. The number of ketones is 1. The lowest BCUT2D eigenvalue weighted by Gasteiger charge is -2.08. The van der Waals surface area contributed by atoms with Crippen LogP contribution < -0.4 is 15.4 Å². The maximum atomic E-state index is 10.7. The minimum Gasteiger partial charge on any atom is -0.494 e. The topological polar surface area (TPSA) is 68.8 Å². The number of anilines is 1. The number of hydrogen-bond acceptors (Lipinski definition) is 6. The molecule has 0 aliphatic heterocycles. The van der Waals surface area contributed by atoms with Gasteiger partial charge in [-0.3, -0.25) is 4.79 Å². The molecule has 0 radical (unpaired) electrons. The van der Waals surface area contributed by atoms with Crippen LogP contribution in [0.2, 0.25) is 0 Å². The van der Waals surface area contributed by atoms with Gasteiger partial charge in [0.05, 0.1) is 33.0 Å². The van der Waals surface area contributed by atoms with Crippen LogP contribution in [-0.2, 0) is 14.3 Å². The molecule has 6 heteroatoms. The molecule has 0 bridgehead atoms. The number of carbonyl (C=O) groups excluding carboxylic acids is 1. The molecule has 0 aliphatic rings. The van der Waals surface area contributed by atoms with Crippen LogP contribution in [0.4, 0.5) is 5.69 Å². The van der Waals surface area contributed by atoms with Crippen LogP contribution in [0.3, 0.4) is 0 Å². The zero-order chi connectivity index (χ0) is 19.5. The highest BCUT2D eigenvalue weighted by Gasteiger charge is 1.96. The van der Waals surface area contributed by atoms with Crippen molar-refractivity contribution in [2.45, 2.75) is 33.6 Å². The van der Waals surface area contributed by atoms with Gasteiger partial charge >= 0.3 is 0 Å². The number of carbonyl (C=O) groups is 1. The Morgan fingerprint density at radius 1 is 0.923 bits per heavy atom. The average molecular weight is 369 g/mol. The van der Waals surface area contributed by atoms with E-state index >= 15 is 0 Å². The fourth-order valence-electron chi connectivity index (χ4n) is 1.94. The molecular weight excluding hydrogens is 332 g/mol. The molecule has 0 saturated heterocycles. The zero-order valence-corrected chi connectivity index (χ0v) is 16.8. The summed E-state index contributed by atoms with van der Waals surface area (Å²) in [6, 6.07) is 7.91. The van der Waals surface area contributed by atoms with Crippen LogP contribution in [0.15, 0.2) is 24.3 Å². The molecule has 0 amide bonds. The largest absolute Gasteiger partial charge is 0.494 e. The van der Waals surface area contributed by atoms with E-state index in [1.807, 2.05) is 45.2 Å². The summed E-state index contributed by atoms with van der Waals surface area (Å²) in [5, 5.41) is 6.07. The third-order valence-corrected chi connectivity index (χ3v) is 3.26. The van der Waals surface area contributed by atoms with Gasteiger partial charge in [0.1, 0.15) is 11.5 Å². The third kappa shape index (κ3) is 14.7. The molecule has 0 saturated carbocycles. The molecule has 0 atom stereocenters. The highest BCUT2D eigenvalue weighted by molar-refractivity contribution is 5.77. The third-order valence-electron chi connectivity index (χ3n) is 3.26. The van der Waals surface area contributed by atoms with Crippen LogP contribution in [0.1, 0.15) is 33.6 Å². The van der Waals surface area contributed by atoms with Gasteiger partial charge in [-0.25, -0.2) is 0 Å². The normalized spacial score (nSPS) is 10.0. The Morgan fingerprint density at radius 3 is 2.15 bits per heavy atom. The number of hydrogen-bond donors (Lipinski definition) is 2. The van der Waals surface area contributed by atoms with Crippen molar-refractivity contribution in [2.24, 2.45) is 0 Å².